The molecule has 1 aromatic carbocycles. The van der Waals surface area contributed by atoms with Gasteiger partial charge in [0.05, 0.1) is 12.9 Å². The van der Waals surface area contributed by atoms with E-state index in [1.165, 1.54) is 5.56 Å². The molecule has 20 heavy (non-hydrogen) atoms. The summed E-state index contributed by atoms with van der Waals surface area (Å²) >= 11 is 0. The first kappa shape index (κ1) is 17.0. The molecule has 0 spiro atoms. The molecule has 0 unspecified atom stereocenters. The smallest absolute Gasteiger partial charge is 0.211 e. The molecule has 0 aliphatic heterocycles. The summed E-state index contributed by atoms with van der Waals surface area (Å²) in [6.45, 7) is 6.53. The zero-order valence-electron chi connectivity index (χ0n) is 12.8. The lowest BCUT2D eigenvalue weighted by Crippen LogP contribution is -2.28. The molecule has 0 fully saturated rings. The number of hydrogen-bond donors (Lipinski definition) is 1. The van der Waals surface area contributed by atoms with Gasteiger partial charge in [-0.3, -0.25) is 0 Å². The first-order chi connectivity index (χ1) is 9.39. The van der Waals surface area contributed by atoms with Gasteiger partial charge in [0, 0.05) is 6.54 Å². The quantitative estimate of drug-likeness (QED) is 0.803. The van der Waals surface area contributed by atoms with Crippen molar-refractivity contribution in [3.8, 4) is 5.75 Å². The Morgan fingerprint density at radius 3 is 2.55 bits per heavy atom. The highest BCUT2D eigenvalue weighted by Gasteiger charge is 2.10. The van der Waals surface area contributed by atoms with E-state index in [0.717, 1.165) is 11.3 Å². The van der Waals surface area contributed by atoms with Crippen LogP contribution in [0.3, 0.4) is 0 Å². The molecule has 0 radical (unpaired) electrons. The van der Waals surface area contributed by atoms with Gasteiger partial charge in [-0.25, -0.2) is 13.1 Å². The maximum Gasteiger partial charge on any atom is 0.211 e. The summed E-state index contributed by atoms with van der Waals surface area (Å²) in [5.74, 6) is 1.43. The third-order valence-corrected chi connectivity index (χ3v) is 4.75. The van der Waals surface area contributed by atoms with Crippen molar-refractivity contribution in [1.82, 2.24) is 4.72 Å². The Morgan fingerprint density at radius 1 is 1.30 bits per heavy atom. The van der Waals surface area contributed by atoms with Crippen LogP contribution in [-0.4, -0.2) is 27.8 Å². The third kappa shape index (κ3) is 5.13. The van der Waals surface area contributed by atoms with Crippen LogP contribution in [0.1, 0.15) is 44.2 Å². The van der Waals surface area contributed by atoms with Gasteiger partial charge in [0.2, 0.25) is 10.0 Å². The zero-order valence-corrected chi connectivity index (χ0v) is 13.6. The molecule has 0 saturated carbocycles. The highest BCUT2D eigenvalue weighted by Crippen LogP contribution is 2.24. The number of sulfonamides is 1. The van der Waals surface area contributed by atoms with Crippen LogP contribution < -0.4 is 9.46 Å². The lowest BCUT2D eigenvalue weighted by Gasteiger charge is -2.13. The fourth-order valence-corrected chi connectivity index (χ4v) is 3.13. The number of benzene rings is 1. The van der Waals surface area contributed by atoms with Crippen molar-refractivity contribution in [3.05, 3.63) is 29.3 Å². The molecular formula is C15H25NO3S. The highest BCUT2D eigenvalue weighted by molar-refractivity contribution is 7.89. The highest BCUT2D eigenvalue weighted by atomic mass is 32.2. The number of ether oxygens (including phenoxy) is 1. The summed E-state index contributed by atoms with van der Waals surface area (Å²) < 4.78 is 31.2. The summed E-state index contributed by atoms with van der Waals surface area (Å²) in [4.78, 5) is 0. The number of hydrogen-bond acceptors (Lipinski definition) is 3. The maximum atomic E-state index is 11.6. The summed E-state index contributed by atoms with van der Waals surface area (Å²) in [5, 5.41) is 0. The van der Waals surface area contributed by atoms with Crippen molar-refractivity contribution >= 4 is 10.0 Å². The molecule has 1 rings (SSSR count). The first-order valence-corrected chi connectivity index (χ1v) is 8.69. The second-order valence-electron chi connectivity index (χ2n) is 5.19. The van der Waals surface area contributed by atoms with E-state index >= 15 is 0 Å². The van der Waals surface area contributed by atoms with Gasteiger partial charge in [0.15, 0.2) is 0 Å². The average molecular weight is 299 g/mol. The van der Waals surface area contributed by atoms with Gasteiger partial charge in [-0.1, -0.05) is 32.9 Å². The molecule has 0 amide bonds. The third-order valence-electron chi connectivity index (χ3n) is 3.16. The van der Waals surface area contributed by atoms with Gasteiger partial charge in [0.1, 0.15) is 5.75 Å². The minimum Gasteiger partial charge on any atom is -0.496 e. The standard InChI is InChI=1S/C15H25NO3S/c1-5-10-20(17,18)16-9-8-14-11-13(12(2)3)6-7-15(14)19-4/h6-7,11-12,16H,5,8-10H2,1-4H3. The van der Waals surface area contributed by atoms with E-state index < -0.39 is 10.0 Å². The molecule has 0 heterocycles. The molecular weight excluding hydrogens is 274 g/mol. The van der Waals surface area contributed by atoms with E-state index in [2.05, 4.69) is 24.6 Å². The van der Waals surface area contributed by atoms with E-state index in [1.54, 1.807) is 7.11 Å². The number of nitrogens with one attached hydrogen (secondary N) is 1. The van der Waals surface area contributed by atoms with E-state index in [-0.39, 0.29) is 5.75 Å². The van der Waals surface area contributed by atoms with Crippen LogP contribution in [0.4, 0.5) is 0 Å². The number of rotatable bonds is 8. The van der Waals surface area contributed by atoms with Crippen LogP contribution in [0.5, 0.6) is 5.75 Å². The zero-order chi connectivity index (χ0) is 15.2. The molecule has 5 heteroatoms. The van der Waals surface area contributed by atoms with Crippen molar-refractivity contribution in [1.29, 1.82) is 0 Å². The minimum absolute atomic E-state index is 0.177. The van der Waals surface area contributed by atoms with E-state index in [9.17, 15) is 8.42 Å². The molecule has 1 N–H and O–H groups in total. The molecule has 4 nitrogen and oxygen atoms in total. The number of methoxy groups -OCH3 is 1. The topological polar surface area (TPSA) is 55.4 Å². The first-order valence-electron chi connectivity index (χ1n) is 7.03. The lowest BCUT2D eigenvalue weighted by molar-refractivity contribution is 0.409. The summed E-state index contributed by atoms with van der Waals surface area (Å²) in [7, 11) is -1.50. The summed E-state index contributed by atoms with van der Waals surface area (Å²) in [5.41, 5.74) is 2.27. The largest absolute Gasteiger partial charge is 0.496 e. The van der Waals surface area contributed by atoms with Gasteiger partial charge in [0.25, 0.3) is 0 Å². The molecule has 0 saturated heterocycles. The van der Waals surface area contributed by atoms with Crippen LogP contribution in [0.15, 0.2) is 18.2 Å². The second-order valence-corrected chi connectivity index (χ2v) is 7.12. The van der Waals surface area contributed by atoms with Gasteiger partial charge in [-0.15, -0.1) is 0 Å². The Morgan fingerprint density at radius 2 is 2.00 bits per heavy atom. The predicted molar refractivity (Wildman–Crippen MR) is 82.9 cm³/mol. The lowest BCUT2D eigenvalue weighted by atomic mass is 9.99. The van der Waals surface area contributed by atoms with Crippen molar-refractivity contribution in [2.75, 3.05) is 19.4 Å². The fourth-order valence-electron chi connectivity index (χ4n) is 2.04. The summed E-state index contributed by atoms with van der Waals surface area (Å²) in [6.07, 6.45) is 1.26. The van der Waals surface area contributed by atoms with Gasteiger partial charge >= 0.3 is 0 Å². The molecule has 0 atom stereocenters. The Bertz CT molecular complexity index is 524. The fraction of sp³-hybridized carbons (Fsp3) is 0.600. The molecule has 0 bridgehead atoms. The predicted octanol–water partition coefficient (Wildman–Crippen LogP) is 2.69. The van der Waals surface area contributed by atoms with Crippen molar-refractivity contribution in [2.45, 2.75) is 39.5 Å². The van der Waals surface area contributed by atoms with Gasteiger partial charge in [-0.2, -0.15) is 0 Å². The van der Waals surface area contributed by atoms with E-state index in [0.29, 0.717) is 25.3 Å². The van der Waals surface area contributed by atoms with Crippen LogP contribution in [-0.2, 0) is 16.4 Å². The van der Waals surface area contributed by atoms with Gasteiger partial charge in [-0.05, 0) is 36.0 Å². The van der Waals surface area contributed by atoms with Gasteiger partial charge < -0.3 is 4.74 Å². The maximum absolute atomic E-state index is 11.6. The van der Waals surface area contributed by atoms with Crippen LogP contribution in [0.25, 0.3) is 0 Å². The van der Waals surface area contributed by atoms with E-state index in [4.69, 9.17) is 4.74 Å². The van der Waals surface area contributed by atoms with Crippen molar-refractivity contribution in [3.63, 3.8) is 0 Å². The second kappa shape index (κ2) is 7.64. The Kier molecular flexibility index (Phi) is 6.49. The summed E-state index contributed by atoms with van der Waals surface area (Å²) in [6, 6.07) is 6.09. The SMILES string of the molecule is CCCS(=O)(=O)NCCc1cc(C(C)C)ccc1OC. The Hall–Kier alpha value is -1.07. The molecule has 114 valence electrons. The average Bonchev–Trinajstić information content (AvgIpc) is 2.38. The van der Waals surface area contributed by atoms with Crippen LogP contribution in [0.2, 0.25) is 0 Å². The molecule has 0 aliphatic rings. The Balaban J connectivity index is 2.73. The normalized spacial score (nSPS) is 11.8. The van der Waals surface area contributed by atoms with Crippen LogP contribution >= 0.6 is 0 Å². The molecule has 0 aliphatic carbocycles. The Labute approximate surface area is 122 Å². The molecule has 1 aromatic rings. The van der Waals surface area contributed by atoms with E-state index in [1.807, 2.05) is 19.1 Å². The van der Waals surface area contributed by atoms with Crippen molar-refractivity contribution in [2.24, 2.45) is 0 Å². The minimum atomic E-state index is -3.14. The molecule has 0 aromatic heterocycles. The monoisotopic (exact) mass is 299 g/mol. The van der Waals surface area contributed by atoms with Crippen molar-refractivity contribution < 1.29 is 13.2 Å². The van der Waals surface area contributed by atoms with Crippen LogP contribution in [0, 0.1) is 0 Å².